The van der Waals surface area contributed by atoms with Gasteiger partial charge in [0.2, 0.25) is 0 Å². The number of methoxy groups -OCH3 is 1. The normalized spacial score (nSPS) is 19.8. The van der Waals surface area contributed by atoms with Crippen LogP contribution in [0, 0.1) is 5.82 Å². The van der Waals surface area contributed by atoms with Crippen molar-refractivity contribution in [3.63, 3.8) is 0 Å². The molecule has 2 fully saturated rings. The number of aromatic nitrogens is 2. The third kappa shape index (κ3) is 3.48. The van der Waals surface area contributed by atoms with Crippen molar-refractivity contribution in [1.82, 2.24) is 14.9 Å². The third-order valence-electron chi connectivity index (χ3n) is 6.77. The van der Waals surface area contributed by atoms with Crippen LogP contribution in [0.15, 0.2) is 30.5 Å². The lowest BCUT2D eigenvalue weighted by Crippen LogP contribution is -2.49. The average Bonchev–Trinajstić information content (AvgIpc) is 3.58. The van der Waals surface area contributed by atoms with Gasteiger partial charge in [0.1, 0.15) is 5.69 Å². The Morgan fingerprint density at radius 2 is 2.12 bits per heavy atom. The first-order valence-electron chi connectivity index (χ1n) is 11.4. The number of rotatable bonds is 5. The molecule has 3 aliphatic heterocycles. The van der Waals surface area contributed by atoms with Gasteiger partial charge in [0.15, 0.2) is 11.6 Å². The SMILES string of the molecule is COc1c(N2CCNC(C)C2)c(F)cc2c3nc4ccc(NS(=O)[O-])cc4c-3cn(C3CC3)c12. The van der Waals surface area contributed by atoms with Gasteiger partial charge in [0.25, 0.3) is 0 Å². The largest absolute Gasteiger partial charge is 0.755 e. The molecular weight excluding hydrogens is 457 g/mol. The van der Waals surface area contributed by atoms with Crippen molar-refractivity contribution in [2.45, 2.75) is 31.8 Å². The first-order chi connectivity index (χ1) is 16.4. The first kappa shape index (κ1) is 21.6. The van der Waals surface area contributed by atoms with Gasteiger partial charge in [0.05, 0.1) is 23.8 Å². The number of piperazine rings is 1. The van der Waals surface area contributed by atoms with Crippen LogP contribution in [-0.2, 0) is 11.3 Å². The fourth-order valence-electron chi connectivity index (χ4n) is 5.16. The maximum Gasteiger partial charge on any atom is 0.169 e. The smallest absolute Gasteiger partial charge is 0.169 e. The second-order valence-electron chi connectivity index (χ2n) is 9.15. The summed E-state index contributed by atoms with van der Waals surface area (Å²) in [4.78, 5) is 6.88. The molecular formula is C24H25FN5O3S-. The Kier molecular flexibility index (Phi) is 5.12. The third-order valence-corrected chi connectivity index (χ3v) is 7.17. The predicted molar refractivity (Wildman–Crippen MR) is 131 cm³/mol. The van der Waals surface area contributed by atoms with Crippen LogP contribution in [-0.4, -0.2) is 51.1 Å². The van der Waals surface area contributed by atoms with E-state index in [9.17, 15) is 8.76 Å². The van der Waals surface area contributed by atoms with Crippen molar-refractivity contribution < 1.29 is 17.9 Å². The number of nitrogens with one attached hydrogen (secondary N) is 2. The van der Waals surface area contributed by atoms with E-state index in [1.807, 2.05) is 0 Å². The molecule has 2 aromatic carbocycles. The zero-order valence-electron chi connectivity index (χ0n) is 18.9. The Balaban J connectivity index is 1.64. The van der Waals surface area contributed by atoms with Gasteiger partial charge in [-0.2, -0.15) is 0 Å². The van der Waals surface area contributed by atoms with Gasteiger partial charge in [-0.15, -0.1) is 0 Å². The second-order valence-corrected chi connectivity index (χ2v) is 9.82. The van der Waals surface area contributed by atoms with Crippen molar-refractivity contribution in [2.24, 2.45) is 0 Å². The quantitative estimate of drug-likeness (QED) is 0.421. The maximum absolute atomic E-state index is 15.8. The molecule has 0 spiro atoms. The molecule has 1 saturated carbocycles. The van der Waals surface area contributed by atoms with Crippen LogP contribution < -0.4 is 19.7 Å². The molecule has 4 aliphatic rings. The number of ether oxygens (including phenoxy) is 1. The van der Waals surface area contributed by atoms with Gasteiger partial charge in [0, 0.05) is 71.2 Å². The molecule has 0 aromatic heterocycles. The molecule has 3 heterocycles. The van der Waals surface area contributed by atoms with Crippen LogP contribution in [0.3, 0.4) is 0 Å². The van der Waals surface area contributed by atoms with Gasteiger partial charge in [-0.05, 0) is 44.0 Å². The molecule has 2 atom stereocenters. The van der Waals surface area contributed by atoms with Crippen LogP contribution in [0.5, 0.6) is 5.75 Å². The highest BCUT2D eigenvalue weighted by atomic mass is 32.2. The highest BCUT2D eigenvalue weighted by molar-refractivity contribution is 7.80. The number of benzene rings is 2. The van der Waals surface area contributed by atoms with E-state index in [1.165, 1.54) is 0 Å². The molecule has 0 amide bonds. The van der Waals surface area contributed by atoms with Gasteiger partial charge in [-0.25, -0.2) is 9.37 Å². The minimum absolute atomic E-state index is 0.250. The Labute approximate surface area is 198 Å². The van der Waals surface area contributed by atoms with Crippen molar-refractivity contribution >= 4 is 44.4 Å². The fraction of sp³-hybridized carbons (Fsp3) is 0.375. The van der Waals surface area contributed by atoms with E-state index in [1.54, 1.807) is 31.4 Å². The molecule has 0 radical (unpaired) electrons. The summed E-state index contributed by atoms with van der Waals surface area (Å²) in [6, 6.07) is 7.36. The topological polar surface area (TPSA) is 94.5 Å². The lowest BCUT2D eigenvalue weighted by molar-refractivity contribution is 0.407. The number of hydrogen-bond donors (Lipinski definition) is 2. The maximum atomic E-state index is 15.8. The second kappa shape index (κ2) is 8.07. The summed E-state index contributed by atoms with van der Waals surface area (Å²) in [5.41, 5.74) is 4.07. The van der Waals surface area contributed by atoms with Crippen molar-refractivity contribution in [2.75, 3.05) is 36.4 Å². The van der Waals surface area contributed by atoms with Crippen molar-refractivity contribution in [1.29, 1.82) is 0 Å². The summed E-state index contributed by atoms with van der Waals surface area (Å²) >= 11 is -2.42. The Hall–Kier alpha value is -2.95. The van der Waals surface area contributed by atoms with E-state index in [-0.39, 0.29) is 11.9 Å². The molecule has 1 saturated heterocycles. The number of nitrogens with zero attached hydrogens (tertiary/aromatic N) is 3. The number of halogens is 1. The van der Waals surface area contributed by atoms with Crippen LogP contribution in [0.1, 0.15) is 25.8 Å². The standard InChI is InChI=1S/C24H26FN5O3S/c1-13-11-29(8-7-26-13)23-19(25)10-17-21-18(12-30(15-4-5-15)22(17)24(23)33-2)16-9-14(28-34(31)32)3-6-20(16)27-21/h3,6,9-10,12-13,15,26,28H,4-5,7-8,11H2,1-2H3,(H,31,32)/p-1. The molecule has 10 heteroatoms. The van der Waals surface area contributed by atoms with E-state index in [2.05, 4.69) is 32.6 Å². The molecule has 0 bridgehead atoms. The average molecular weight is 483 g/mol. The number of hydrogen-bond acceptors (Lipinski definition) is 6. The Morgan fingerprint density at radius 3 is 2.82 bits per heavy atom. The lowest BCUT2D eigenvalue weighted by atomic mass is 10.0. The summed E-state index contributed by atoms with van der Waals surface area (Å²) in [6.07, 6.45) is 4.15. The van der Waals surface area contributed by atoms with Crippen molar-refractivity contribution in [3.05, 3.63) is 36.3 Å². The number of fused-ring (bicyclic) bond motifs is 5. The summed E-state index contributed by atoms with van der Waals surface area (Å²) in [7, 11) is 1.60. The lowest BCUT2D eigenvalue weighted by Gasteiger charge is -2.35. The van der Waals surface area contributed by atoms with Crippen LogP contribution in [0.25, 0.3) is 33.1 Å². The zero-order chi connectivity index (χ0) is 23.6. The summed E-state index contributed by atoms with van der Waals surface area (Å²) in [5.74, 6) is 0.207. The Bertz CT molecular complexity index is 1420. The van der Waals surface area contributed by atoms with E-state index in [0.29, 0.717) is 47.3 Å². The van der Waals surface area contributed by atoms with E-state index < -0.39 is 11.3 Å². The predicted octanol–water partition coefficient (Wildman–Crippen LogP) is 3.78. The minimum Gasteiger partial charge on any atom is -0.755 e. The highest BCUT2D eigenvalue weighted by Gasteiger charge is 2.32. The molecule has 2 N–H and O–H groups in total. The summed E-state index contributed by atoms with van der Waals surface area (Å²) < 4.78 is 48.5. The summed E-state index contributed by atoms with van der Waals surface area (Å²) in [5, 5.41) is 4.93. The number of anilines is 2. The van der Waals surface area contributed by atoms with E-state index in [0.717, 1.165) is 41.4 Å². The van der Waals surface area contributed by atoms with Gasteiger partial charge in [-0.3, -0.25) is 4.21 Å². The van der Waals surface area contributed by atoms with Gasteiger partial charge in [-0.1, -0.05) is 0 Å². The molecule has 1 aliphatic carbocycles. The molecule has 2 unspecified atom stereocenters. The Morgan fingerprint density at radius 1 is 1.29 bits per heavy atom. The molecule has 178 valence electrons. The van der Waals surface area contributed by atoms with Crippen molar-refractivity contribution in [3.8, 4) is 17.0 Å². The molecule has 8 nitrogen and oxygen atoms in total. The summed E-state index contributed by atoms with van der Waals surface area (Å²) in [6.45, 7) is 4.27. The zero-order valence-corrected chi connectivity index (χ0v) is 19.7. The fourth-order valence-corrected chi connectivity index (χ4v) is 5.48. The van der Waals surface area contributed by atoms with Crippen LogP contribution in [0.4, 0.5) is 15.8 Å². The molecule has 2 aromatic rings. The van der Waals surface area contributed by atoms with Gasteiger partial charge >= 0.3 is 0 Å². The molecule has 34 heavy (non-hydrogen) atoms. The van der Waals surface area contributed by atoms with Gasteiger partial charge < -0.3 is 28.8 Å². The monoisotopic (exact) mass is 482 g/mol. The van der Waals surface area contributed by atoms with Crippen LogP contribution >= 0.6 is 0 Å². The minimum atomic E-state index is -2.42. The molecule has 6 rings (SSSR count). The number of pyridine rings is 1. The van der Waals surface area contributed by atoms with E-state index >= 15 is 4.39 Å². The van der Waals surface area contributed by atoms with Crippen LogP contribution in [0.2, 0.25) is 0 Å². The van der Waals surface area contributed by atoms with E-state index in [4.69, 9.17) is 9.72 Å². The highest BCUT2D eigenvalue weighted by Crippen LogP contribution is 2.49. The first-order valence-corrected chi connectivity index (χ1v) is 12.5.